The van der Waals surface area contributed by atoms with Crippen molar-refractivity contribution in [1.82, 2.24) is 10.6 Å². The topological polar surface area (TPSA) is 73.3 Å². The van der Waals surface area contributed by atoms with Gasteiger partial charge in [0.15, 0.2) is 17.5 Å². The Balaban J connectivity index is 1.56. The summed E-state index contributed by atoms with van der Waals surface area (Å²) in [6.07, 6.45) is 1.06. The molecule has 2 N–H and O–H groups in total. The van der Waals surface area contributed by atoms with Crippen LogP contribution in [0.3, 0.4) is 0 Å². The Kier molecular flexibility index (Phi) is 9.04. The van der Waals surface area contributed by atoms with Crippen LogP contribution in [0.25, 0.3) is 0 Å². The van der Waals surface area contributed by atoms with Gasteiger partial charge in [-0.3, -0.25) is 4.99 Å². The summed E-state index contributed by atoms with van der Waals surface area (Å²) in [5.74, 6) is 3.57. The van der Waals surface area contributed by atoms with Crippen molar-refractivity contribution in [3.8, 4) is 17.2 Å². The highest BCUT2D eigenvalue weighted by molar-refractivity contribution is 5.79. The lowest BCUT2D eigenvalue weighted by molar-refractivity contribution is 0.166. The number of guanidine groups is 1. The molecule has 1 atom stereocenters. The number of benzene rings is 2. The van der Waals surface area contributed by atoms with E-state index in [4.69, 9.17) is 18.9 Å². The van der Waals surface area contributed by atoms with Crippen molar-refractivity contribution in [2.24, 2.45) is 10.9 Å². The van der Waals surface area contributed by atoms with Crippen LogP contribution in [0.2, 0.25) is 0 Å². The van der Waals surface area contributed by atoms with Crippen molar-refractivity contribution < 1.29 is 18.9 Å². The van der Waals surface area contributed by atoms with Crippen molar-refractivity contribution in [3.05, 3.63) is 53.1 Å². The lowest BCUT2D eigenvalue weighted by Crippen LogP contribution is -2.36. The minimum Gasteiger partial charge on any atom is -0.493 e. The number of rotatable bonds is 10. The van der Waals surface area contributed by atoms with E-state index < -0.39 is 0 Å². The van der Waals surface area contributed by atoms with Crippen molar-refractivity contribution >= 4 is 5.96 Å². The Morgan fingerprint density at radius 1 is 1.06 bits per heavy atom. The fourth-order valence-electron chi connectivity index (χ4n) is 3.55. The molecule has 2 aromatic rings. The summed E-state index contributed by atoms with van der Waals surface area (Å²) in [4.78, 5) is 4.35. The van der Waals surface area contributed by atoms with Crippen molar-refractivity contribution in [2.75, 3.05) is 40.6 Å². The summed E-state index contributed by atoms with van der Waals surface area (Å²) in [5.41, 5.74) is 3.35. The molecule has 0 aromatic heterocycles. The van der Waals surface area contributed by atoms with Crippen LogP contribution in [-0.2, 0) is 17.8 Å². The Morgan fingerprint density at radius 3 is 2.62 bits per heavy atom. The summed E-state index contributed by atoms with van der Waals surface area (Å²) < 4.78 is 22.6. The lowest BCUT2D eigenvalue weighted by Gasteiger charge is -2.17. The minimum atomic E-state index is 0.469. The second-order valence-corrected chi connectivity index (χ2v) is 7.85. The summed E-state index contributed by atoms with van der Waals surface area (Å²) in [7, 11) is 3.41. The van der Waals surface area contributed by atoms with Gasteiger partial charge in [0.05, 0.1) is 26.9 Å². The van der Waals surface area contributed by atoms with Gasteiger partial charge in [-0.1, -0.05) is 18.2 Å². The molecule has 7 nitrogen and oxygen atoms in total. The monoisotopic (exact) mass is 441 g/mol. The summed E-state index contributed by atoms with van der Waals surface area (Å²) >= 11 is 0. The Labute approximate surface area is 191 Å². The smallest absolute Gasteiger partial charge is 0.191 e. The van der Waals surface area contributed by atoms with Gasteiger partial charge in [0.1, 0.15) is 5.75 Å². The molecule has 0 spiro atoms. The molecule has 0 radical (unpaired) electrons. The Bertz CT molecular complexity index is 895. The first-order chi connectivity index (χ1) is 15.6. The molecular formula is C25H35N3O4. The van der Waals surface area contributed by atoms with Gasteiger partial charge in [-0.25, -0.2) is 0 Å². The number of hydrogen-bond donors (Lipinski definition) is 2. The highest BCUT2D eigenvalue weighted by Gasteiger charge is 2.17. The van der Waals surface area contributed by atoms with Crippen molar-refractivity contribution in [2.45, 2.75) is 33.4 Å². The van der Waals surface area contributed by atoms with Gasteiger partial charge in [0.25, 0.3) is 0 Å². The summed E-state index contributed by atoms with van der Waals surface area (Å²) in [6.45, 7) is 8.16. The molecule has 1 saturated heterocycles. The van der Waals surface area contributed by atoms with Crippen LogP contribution in [0.15, 0.2) is 41.4 Å². The van der Waals surface area contributed by atoms with Gasteiger partial charge >= 0.3 is 0 Å². The van der Waals surface area contributed by atoms with Crippen LogP contribution >= 0.6 is 0 Å². The Morgan fingerprint density at radius 2 is 1.91 bits per heavy atom. The third kappa shape index (κ3) is 6.79. The number of ether oxygens (including phenoxy) is 4. The molecule has 1 heterocycles. The Hall–Kier alpha value is -2.93. The highest BCUT2D eigenvalue weighted by atomic mass is 16.5. The van der Waals surface area contributed by atoms with E-state index in [1.807, 2.05) is 25.1 Å². The average Bonchev–Trinajstić information content (AvgIpc) is 3.33. The van der Waals surface area contributed by atoms with Gasteiger partial charge in [-0.05, 0) is 49.6 Å². The summed E-state index contributed by atoms with van der Waals surface area (Å²) in [6, 6.07) is 12.2. The number of aryl methyl sites for hydroxylation is 1. The number of nitrogens with one attached hydrogen (secondary N) is 2. The molecule has 1 aliphatic rings. The fraction of sp³-hybridized carbons (Fsp3) is 0.480. The van der Waals surface area contributed by atoms with E-state index in [1.165, 1.54) is 5.56 Å². The van der Waals surface area contributed by atoms with Crippen LogP contribution in [0.4, 0.5) is 0 Å². The zero-order valence-corrected chi connectivity index (χ0v) is 19.6. The van der Waals surface area contributed by atoms with E-state index in [9.17, 15) is 0 Å². The molecule has 1 fully saturated rings. The molecule has 7 heteroatoms. The molecule has 174 valence electrons. The molecule has 3 rings (SSSR count). The molecule has 0 amide bonds. The van der Waals surface area contributed by atoms with Gasteiger partial charge in [0, 0.05) is 38.2 Å². The van der Waals surface area contributed by atoms with E-state index in [0.717, 1.165) is 48.0 Å². The van der Waals surface area contributed by atoms with Gasteiger partial charge in [0.2, 0.25) is 0 Å². The lowest BCUT2D eigenvalue weighted by atomic mass is 10.1. The minimum absolute atomic E-state index is 0.469. The first-order valence-electron chi connectivity index (χ1n) is 11.2. The molecule has 0 aliphatic carbocycles. The van der Waals surface area contributed by atoms with E-state index in [2.05, 4.69) is 40.7 Å². The number of hydrogen-bond acceptors (Lipinski definition) is 5. The molecule has 2 aromatic carbocycles. The van der Waals surface area contributed by atoms with E-state index in [0.29, 0.717) is 38.2 Å². The van der Waals surface area contributed by atoms with Crippen LogP contribution < -0.4 is 24.8 Å². The largest absolute Gasteiger partial charge is 0.493 e. The maximum atomic E-state index is 6.15. The number of methoxy groups -OCH3 is 1. The fourth-order valence-corrected chi connectivity index (χ4v) is 3.55. The molecule has 32 heavy (non-hydrogen) atoms. The van der Waals surface area contributed by atoms with Gasteiger partial charge < -0.3 is 29.6 Å². The van der Waals surface area contributed by atoms with E-state index in [1.54, 1.807) is 14.2 Å². The zero-order valence-electron chi connectivity index (χ0n) is 19.6. The first-order valence-corrected chi connectivity index (χ1v) is 11.2. The van der Waals surface area contributed by atoms with Gasteiger partial charge in [-0.2, -0.15) is 0 Å². The molecular weight excluding hydrogens is 406 g/mol. The van der Waals surface area contributed by atoms with Crippen LogP contribution in [0.1, 0.15) is 30.0 Å². The molecule has 1 aliphatic heterocycles. The number of nitrogens with zero attached hydrogens (tertiary/aromatic N) is 1. The maximum Gasteiger partial charge on any atom is 0.191 e. The van der Waals surface area contributed by atoms with Crippen molar-refractivity contribution in [3.63, 3.8) is 0 Å². The molecule has 1 unspecified atom stereocenters. The van der Waals surface area contributed by atoms with E-state index >= 15 is 0 Å². The highest BCUT2D eigenvalue weighted by Crippen LogP contribution is 2.28. The van der Waals surface area contributed by atoms with Gasteiger partial charge in [-0.15, -0.1) is 0 Å². The van der Waals surface area contributed by atoms with Crippen LogP contribution in [-0.4, -0.2) is 46.5 Å². The molecule has 0 bridgehead atoms. The van der Waals surface area contributed by atoms with Crippen LogP contribution in [0.5, 0.6) is 17.2 Å². The average molecular weight is 442 g/mol. The zero-order chi connectivity index (χ0) is 22.8. The molecule has 0 saturated carbocycles. The normalized spacial score (nSPS) is 16.0. The first kappa shape index (κ1) is 23.7. The maximum absolute atomic E-state index is 6.15. The SMILES string of the molecule is CCOc1ccc(CNC(=NC)NCc2ccc(C)cc2OCC2CCOC2)cc1OC. The third-order valence-corrected chi connectivity index (χ3v) is 5.38. The third-order valence-electron chi connectivity index (χ3n) is 5.38. The van der Waals surface area contributed by atoms with Crippen molar-refractivity contribution in [1.29, 1.82) is 0 Å². The predicted molar refractivity (Wildman–Crippen MR) is 127 cm³/mol. The second-order valence-electron chi connectivity index (χ2n) is 7.85. The summed E-state index contributed by atoms with van der Waals surface area (Å²) in [5, 5.41) is 6.73. The van der Waals surface area contributed by atoms with E-state index in [-0.39, 0.29) is 0 Å². The second kappa shape index (κ2) is 12.2. The number of aliphatic imine (C=N–C) groups is 1. The standard InChI is InChI=1S/C25H35N3O4/c1-5-31-22-9-7-19(13-24(22)29-4)14-27-25(26-3)28-15-21-8-6-18(2)12-23(21)32-17-20-10-11-30-16-20/h6-9,12-13,20H,5,10-11,14-17H2,1-4H3,(H2,26,27,28). The quantitative estimate of drug-likeness (QED) is 0.433. The van der Waals surface area contributed by atoms with Crippen LogP contribution in [0, 0.1) is 12.8 Å². The predicted octanol–water partition coefficient (Wildman–Crippen LogP) is 3.68.